The van der Waals surface area contributed by atoms with Crippen LogP contribution in [0.2, 0.25) is 0 Å². The van der Waals surface area contributed by atoms with Crippen molar-refractivity contribution in [2.75, 3.05) is 10.6 Å². The molecule has 0 aliphatic rings. The van der Waals surface area contributed by atoms with E-state index in [4.69, 9.17) is 16.3 Å². The second-order valence-corrected chi connectivity index (χ2v) is 13.2. The van der Waals surface area contributed by atoms with Crippen molar-refractivity contribution in [1.82, 2.24) is 0 Å². The zero-order valence-electron chi connectivity index (χ0n) is 25.8. The maximum atomic E-state index is 13.3. The van der Waals surface area contributed by atoms with E-state index in [0.717, 1.165) is 18.4 Å². The van der Waals surface area contributed by atoms with Crippen LogP contribution in [0.5, 0.6) is 5.75 Å². The molecule has 6 nitrogen and oxygen atoms in total. The van der Waals surface area contributed by atoms with Crippen LogP contribution in [0.25, 0.3) is 0 Å². The van der Waals surface area contributed by atoms with Crippen molar-refractivity contribution < 1.29 is 19.1 Å². The van der Waals surface area contributed by atoms with Crippen LogP contribution in [0, 0.1) is 5.41 Å². The number of nitrogens with one attached hydrogen (secondary N) is 2. The summed E-state index contributed by atoms with van der Waals surface area (Å²) in [4.78, 5) is 38.3. The molecule has 2 atom stereocenters. The van der Waals surface area contributed by atoms with E-state index in [1.807, 2.05) is 13.0 Å². The molecule has 2 aromatic rings. The zero-order valence-corrected chi connectivity index (χ0v) is 26.6. The van der Waals surface area contributed by atoms with Gasteiger partial charge in [-0.3, -0.25) is 14.4 Å². The van der Waals surface area contributed by atoms with E-state index in [2.05, 4.69) is 64.3 Å². The van der Waals surface area contributed by atoms with E-state index in [9.17, 15) is 14.4 Å². The van der Waals surface area contributed by atoms with Gasteiger partial charge >= 0.3 is 0 Å². The van der Waals surface area contributed by atoms with Gasteiger partial charge in [0.25, 0.3) is 5.91 Å². The molecule has 0 saturated carbocycles. The van der Waals surface area contributed by atoms with Gasteiger partial charge in [0.05, 0.1) is 0 Å². The molecule has 2 rings (SSSR count). The van der Waals surface area contributed by atoms with Gasteiger partial charge in [-0.1, -0.05) is 87.4 Å². The lowest BCUT2D eigenvalue weighted by molar-refractivity contribution is -0.130. The summed E-state index contributed by atoms with van der Waals surface area (Å²) < 4.78 is 6.37. The number of rotatable bonds is 12. The first-order valence-corrected chi connectivity index (χ1v) is 14.6. The lowest BCUT2D eigenvalue weighted by Gasteiger charge is -2.31. The minimum Gasteiger partial charge on any atom is -0.480 e. The molecule has 0 heterocycles. The van der Waals surface area contributed by atoms with E-state index < -0.39 is 22.8 Å². The maximum absolute atomic E-state index is 13.3. The maximum Gasteiger partial charge on any atom is 0.265 e. The molecule has 0 spiro atoms. The molecule has 0 bridgehead atoms. The highest BCUT2D eigenvalue weighted by Gasteiger charge is 2.33. The van der Waals surface area contributed by atoms with Gasteiger partial charge in [-0.05, 0) is 59.9 Å². The molecule has 0 aliphatic heterocycles. The van der Waals surface area contributed by atoms with Crippen LogP contribution in [0.15, 0.2) is 42.5 Å². The van der Waals surface area contributed by atoms with E-state index in [-0.39, 0.29) is 22.5 Å². The number of ether oxygens (including phenoxy) is 1. The Morgan fingerprint density at radius 1 is 0.800 bits per heavy atom. The summed E-state index contributed by atoms with van der Waals surface area (Å²) in [6.07, 6.45) is 1.69. The number of hydrogen-bond donors (Lipinski definition) is 2. The van der Waals surface area contributed by atoms with Crippen LogP contribution in [-0.4, -0.2) is 29.1 Å². The Bertz CT molecular complexity index is 1210. The first-order chi connectivity index (χ1) is 18.5. The summed E-state index contributed by atoms with van der Waals surface area (Å²) in [6, 6.07) is 13.1. The average molecular weight is 571 g/mol. The zero-order chi connectivity index (χ0) is 30.5. The fourth-order valence-electron chi connectivity index (χ4n) is 4.06. The SMILES string of the molecule is CCC(Oc1ccc(C(C)(C)CC)cc1C(C)(C)CC)C(=O)Nc1cccc(NC(=O)C(Cl)C(=O)C(C)(C)C)c1. The summed E-state index contributed by atoms with van der Waals surface area (Å²) in [6.45, 7) is 20.3. The van der Waals surface area contributed by atoms with Crippen molar-refractivity contribution in [1.29, 1.82) is 0 Å². The van der Waals surface area contributed by atoms with Gasteiger partial charge in [0, 0.05) is 22.4 Å². The van der Waals surface area contributed by atoms with Gasteiger partial charge in [0.15, 0.2) is 17.3 Å². The molecule has 2 N–H and O–H groups in total. The smallest absolute Gasteiger partial charge is 0.265 e. The van der Waals surface area contributed by atoms with Crippen molar-refractivity contribution >= 4 is 40.6 Å². The first kappa shape index (κ1) is 33.3. The predicted octanol–water partition coefficient (Wildman–Crippen LogP) is 8.02. The highest BCUT2D eigenvalue weighted by atomic mass is 35.5. The molecule has 40 heavy (non-hydrogen) atoms. The summed E-state index contributed by atoms with van der Waals surface area (Å²) in [5, 5.41) is 4.26. The number of amides is 2. The number of ketones is 1. The Kier molecular flexibility index (Phi) is 11.0. The van der Waals surface area contributed by atoms with Crippen LogP contribution in [0.3, 0.4) is 0 Å². The second kappa shape index (κ2) is 13.2. The van der Waals surface area contributed by atoms with Gasteiger partial charge in [-0.2, -0.15) is 0 Å². The average Bonchev–Trinajstić information content (AvgIpc) is 2.90. The number of anilines is 2. The molecule has 2 amide bonds. The molecule has 0 aliphatic carbocycles. The highest BCUT2D eigenvalue weighted by Crippen LogP contribution is 2.39. The van der Waals surface area contributed by atoms with Crippen molar-refractivity contribution in [3.63, 3.8) is 0 Å². The summed E-state index contributed by atoms with van der Waals surface area (Å²) in [7, 11) is 0. The van der Waals surface area contributed by atoms with Crippen LogP contribution in [0.1, 0.15) is 99.6 Å². The van der Waals surface area contributed by atoms with Gasteiger partial charge in [-0.15, -0.1) is 11.6 Å². The Hall–Kier alpha value is -2.86. The van der Waals surface area contributed by atoms with E-state index >= 15 is 0 Å². The fourth-order valence-corrected chi connectivity index (χ4v) is 4.44. The van der Waals surface area contributed by atoms with E-state index in [1.54, 1.807) is 45.0 Å². The molecule has 0 radical (unpaired) electrons. The minimum atomic E-state index is -1.31. The van der Waals surface area contributed by atoms with Crippen molar-refractivity contribution in [3.8, 4) is 5.75 Å². The summed E-state index contributed by atoms with van der Waals surface area (Å²) in [5.74, 6) is -0.555. The third-order valence-corrected chi connectivity index (χ3v) is 8.18. The number of carbonyl (C=O) groups excluding carboxylic acids is 3. The topological polar surface area (TPSA) is 84.5 Å². The molecule has 0 saturated heterocycles. The Morgan fingerprint density at radius 3 is 1.85 bits per heavy atom. The van der Waals surface area contributed by atoms with Gasteiger partial charge in [0.1, 0.15) is 5.75 Å². The van der Waals surface area contributed by atoms with Crippen LogP contribution in [0.4, 0.5) is 11.4 Å². The molecule has 220 valence electrons. The molecule has 7 heteroatoms. The molecule has 2 unspecified atom stereocenters. The van der Waals surface area contributed by atoms with E-state index in [1.165, 1.54) is 5.56 Å². The highest BCUT2D eigenvalue weighted by molar-refractivity contribution is 6.43. The van der Waals surface area contributed by atoms with Crippen molar-refractivity contribution in [2.45, 2.75) is 111 Å². The molecular formula is C33H47ClN2O4. The number of Topliss-reactive ketones (excluding diaryl/α,β-unsaturated/α-hetero) is 1. The van der Waals surface area contributed by atoms with Gasteiger partial charge in [-0.25, -0.2) is 0 Å². The first-order valence-electron chi connectivity index (χ1n) is 14.2. The lowest BCUT2D eigenvalue weighted by Crippen LogP contribution is -2.37. The Labute approximate surface area is 245 Å². The standard InChI is InChI=1S/C33H47ClN2O4/c1-11-25(40-26-18-17-21(32(7,8)12-2)19-24(26)33(9,10)13-3)29(38)35-22-15-14-16-23(20-22)36-30(39)27(34)28(37)31(4,5)6/h14-20,25,27H,11-13H2,1-10H3,(H,35,38)(H,36,39). The predicted molar refractivity (Wildman–Crippen MR) is 166 cm³/mol. The summed E-state index contributed by atoms with van der Waals surface area (Å²) >= 11 is 6.13. The quantitative estimate of drug-likeness (QED) is 0.200. The lowest BCUT2D eigenvalue weighted by atomic mass is 9.76. The van der Waals surface area contributed by atoms with Crippen LogP contribution < -0.4 is 15.4 Å². The van der Waals surface area contributed by atoms with Gasteiger partial charge in [0.2, 0.25) is 5.91 Å². The molecule has 2 aromatic carbocycles. The second-order valence-electron chi connectivity index (χ2n) is 12.7. The molecular weight excluding hydrogens is 524 g/mol. The van der Waals surface area contributed by atoms with Crippen LogP contribution >= 0.6 is 11.6 Å². The van der Waals surface area contributed by atoms with Crippen molar-refractivity contribution in [3.05, 3.63) is 53.6 Å². The third-order valence-electron chi connectivity index (χ3n) is 7.79. The number of benzene rings is 2. The number of carbonyl (C=O) groups is 3. The van der Waals surface area contributed by atoms with Crippen LogP contribution in [-0.2, 0) is 25.2 Å². The number of halogens is 1. The largest absolute Gasteiger partial charge is 0.480 e. The normalized spacial score (nSPS) is 13.8. The minimum absolute atomic E-state index is 0.0303. The molecule has 0 aromatic heterocycles. The summed E-state index contributed by atoms with van der Waals surface area (Å²) in [5.41, 5.74) is 2.41. The van der Waals surface area contributed by atoms with Crippen molar-refractivity contribution in [2.24, 2.45) is 5.41 Å². The number of hydrogen-bond acceptors (Lipinski definition) is 4. The monoisotopic (exact) mass is 570 g/mol. The Balaban J connectivity index is 2.24. The molecule has 0 fully saturated rings. The van der Waals surface area contributed by atoms with E-state index in [0.29, 0.717) is 23.5 Å². The third kappa shape index (κ3) is 8.33. The number of alkyl halides is 1. The Morgan fingerprint density at radius 2 is 1.35 bits per heavy atom. The van der Waals surface area contributed by atoms with Gasteiger partial charge < -0.3 is 15.4 Å². The fraction of sp³-hybridized carbons (Fsp3) is 0.545.